The van der Waals surface area contributed by atoms with Crippen LogP contribution in [0.15, 0.2) is 122 Å². The highest BCUT2D eigenvalue weighted by molar-refractivity contribution is 5.99. The van der Waals surface area contributed by atoms with Gasteiger partial charge < -0.3 is 19.8 Å². The molecule has 0 spiro atoms. The van der Waals surface area contributed by atoms with Gasteiger partial charge in [-0.2, -0.15) is 0 Å². The quantitative estimate of drug-likeness (QED) is 0.194. The normalized spacial score (nSPS) is 14.8. The van der Waals surface area contributed by atoms with Crippen LogP contribution in [0.2, 0.25) is 0 Å². The van der Waals surface area contributed by atoms with Crippen molar-refractivity contribution in [2.45, 2.75) is 0 Å². The average molecular weight is 685 g/mol. The van der Waals surface area contributed by atoms with E-state index in [1.807, 2.05) is 0 Å². The van der Waals surface area contributed by atoms with Gasteiger partial charge in [-0.3, -0.25) is 0 Å². The minimum atomic E-state index is 0. The Bertz CT molecular complexity index is 2330. The molecule has 7 heteroatoms. The van der Waals surface area contributed by atoms with E-state index < -0.39 is 0 Å². The first-order valence-electron chi connectivity index (χ1n) is 17.0. The van der Waals surface area contributed by atoms with Crippen molar-refractivity contribution in [1.82, 2.24) is 29.7 Å². The van der Waals surface area contributed by atoms with E-state index in [1.54, 1.807) is 0 Å². The lowest BCUT2D eigenvalue weighted by molar-refractivity contribution is 0.506. The molecular weight excluding hydrogens is 648 g/mol. The summed E-state index contributed by atoms with van der Waals surface area (Å²) in [6.45, 7) is 1.65. The van der Waals surface area contributed by atoms with Gasteiger partial charge in [0.1, 0.15) is 0 Å². The van der Waals surface area contributed by atoms with Crippen LogP contribution in [0.25, 0.3) is 79.8 Å². The SMILES string of the molecule is CN1C=CC(c2c3nc(c(-c4ccccc4)c4ccc([nH]4)c(C4=CCN(C)C=C4)c4nc(c(-c5ccccc5)c5ccc2[nH]5)C=C4)C=C3)=CC1.Cl. The molecule has 51 heavy (non-hydrogen) atoms. The Morgan fingerprint density at radius 3 is 1.16 bits per heavy atom. The minimum absolute atomic E-state index is 0. The molecule has 4 aliphatic rings. The third kappa shape index (κ3) is 5.94. The summed E-state index contributed by atoms with van der Waals surface area (Å²) in [5, 5.41) is 0. The monoisotopic (exact) mass is 684 g/mol. The van der Waals surface area contributed by atoms with Gasteiger partial charge in [-0.15, -0.1) is 12.4 Å². The number of halogens is 1. The van der Waals surface area contributed by atoms with Crippen LogP contribution in [0.5, 0.6) is 0 Å². The molecule has 0 amide bonds. The second kappa shape index (κ2) is 13.3. The third-order valence-corrected chi connectivity index (χ3v) is 9.67. The molecule has 2 N–H and O–H groups in total. The average Bonchev–Trinajstić information content (AvgIpc) is 3.98. The fraction of sp³-hybridized carbons (Fsp3) is 0.0909. The van der Waals surface area contributed by atoms with Crippen LogP contribution in [0.4, 0.5) is 0 Å². The van der Waals surface area contributed by atoms with E-state index in [1.165, 1.54) is 0 Å². The summed E-state index contributed by atoms with van der Waals surface area (Å²) >= 11 is 0. The standard InChI is InChI=1S/C44H36N6.ClH/c1-49-25-21-31(22-26-49)43-37-17-13-33(45-37)41(29-9-5-3-6-10-29)35-15-19-39(47-35)44(32-23-27-50(2)28-24-32)40-20-16-36(48-40)42(30-11-7-4-8-12-30)34-14-18-38(43)46-34;/h3-25,27,45,48H,26,28H2,1-2H3;1H. The molecule has 2 aromatic carbocycles. The lowest BCUT2D eigenvalue weighted by Gasteiger charge is -2.17. The molecule has 0 saturated heterocycles. The Balaban J connectivity index is 0.00000374. The lowest BCUT2D eigenvalue weighted by Crippen LogP contribution is -2.13. The predicted octanol–water partition coefficient (Wildman–Crippen LogP) is 10.1. The van der Waals surface area contributed by atoms with E-state index in [9.17, 15) is 0 Å². The van der Waals surface area contributed by atoms with Crippen molar-refractivity contribution in [2.75, 3.05) is 27.2 Å². The van der Waals surface area contributed by atoms with Gasteiger partial charge in [0.2, 0.25) is 0 Å². The number of H-pyrrole nitrogens is 2. The fourth-order valence-electron chi connectivity index (χ4n) is 7.16. The van der Waals surface area contributed by atoms with Gasteiger partial charge in [0, 0.05) is 71.5 Å². The van der Waals surface area contributed by atoms with Crippen molar-refractivity contribution < 1.29 is 0 Å². The summed E-state index contributed by atoms with van der Waals surface area (Å²) in [7, 11) is 4.19. The molecule has 0 atom stereocenters. The molecule has 8 bridgehead atoms. The van der Waals surface area contributed by atoms with Crippen LogP contribution in [0.3, 0.4) is 0 Å². The highest BCUT2D eigenvalue weighted by Gasteiger charge is 2.20. The third-order valence-electron chi connectivity index (χ3n) is 9.67. The summed E-state index contributed by atoms with van der Waals surface area (Å²) in [4.78, 5) is 22.8. The number of rotatable bonds is 4. The topological polar surface area (TPSA) is 63.8 Å². The second-order valence-corrected chi connectivity index (χ2v) is 13.1. The number of nitrogens with one attached hydrogen (secondary N) is 2. The molecule has 6 nitrogen and oxygen atoms in total. The van der Waals surface area contributed by atoms with Crippen molar-refractivity contribution in [1.29, 1.82) is 0 Å². The number of likely N-dealkylation sites (N-methyl/N-ethyl adjacent to an activating group) is 2. The Morgan fingerprint density at radius 2 is 0.804 bits per heavy atom. The van der Waals surface area contributed by atoms with Crippen LogP contribution >= 0.6 is 12.4 Å². The van der Waals surface area contributed by atoms with Crippen LogP contribution in [-0.4, -0.2) is 56.9 Å². The maximum atomic E-state index is 5.39. The van der Waals surface area contributed by atoms with Gasteiger partial charge in [-0.05, 0) is 95.4 Å². The van der Waals surface area contributed by atoms with Gasteiger partial charge in [0.05, 0.1) is 22.8 Å². The van der Waals surface area contributed by atoms with E-state index in [4.69, 9.17) is 9.97 Å². The first-order chi connectivity index (χ1) is 24.6. The Morgan fingerprint density at radius 1 is 0.451 bits per heavy atom. The van der Waals surface area contributed by atoms with E-state index in [0.29, 0.717) is 0 Å². The number of aromatic amines is 2. The highest BCUT2D eigenvalue weighted by Crippen LogP contribution is 2.37. The number of hydrogen-bond donors (Lipinski definition) is 2. The smallest absolute Gasteiger partial charge is 0.0737 e. The Hall–Kier alpha value is -6.11. The van der Waals surface area contributed by atoms with Gasteiger partial charge in [0.25, 0.3) is 0 Å². The number of hydrogen-bond acceptors (Lipinski definition) is 4. The summed E-state index contributed by atoms with van der Waals surface area (Å²) in [6.07, 6.45) is 21.8. The highest BCUT2D eigenvalue weighted by atomic mass is 35.5. The number of fused-ring (bicyclic) bond motifs is 8. The fourth-order valence-corrected chi connectivity index (χ4v) is 7.16. The van der Waals surface area contributed by atoms with Crippen LogP contribution in [0.1, 0.15) is 33.9 Å². The molecule has 0 aliphatic carbocycles. The Labute approximate surface area is 303 Å². The van der Waals surface area contributed by atoms with Gasteiger partial charge in [0.15, 0.2) is 0 Å². The lowest BCUT2D eigenvalue weighted by atomic mass is 10.0. The number of allylic oxidation sites excluding steroid dienone is 4. The molecule has 3 aromatic heterocycles. The summed E-state index contributed by atoms with van der Waals surface area (Å²) in [5.74, 6) is 0. The summed E-state index contributed by atoms with van der Waals surface area (Å²) < 4.78 is 0. The largest absolute Gasteiger partial charge is 0.377 e. The molecule has 0 unspecified atom stereocenters. The number of nitrogens with zero attached hydrogens (tertiary/aromatic N) is 4. The molecule has 0 fully saturated rings. The predicted molar refractivity (Wildman–Crippen MR) is 216 cm³/mol. The Kier molecular flexibility index (Phi) is 8.38. The molecule has 4 aliphatic heterocycles. The summed E-state index contributed by atoms with van der Waals surface area (Å²) in [5.41, 5.74) is 16.4. The van der Waals surface area contributed by atoms with Crippen molar-refractivity contribution in [3.63, 3.8) is 0 Å². The molecular formula is C44H37ClN6. The zero-order valence-electron chi connectivity index (χ0n) is 28.5. The van der Waals surface area contributed by atoms with Crippen LogP contribution < -0.4 is 0 Å². The molecule has 5 aromatic rings. The molecule has 9 rings (SSSR count). The van der Waals surface area contributed by atoms with E-state index in [0.717, 1.165) is 102 Å². The van der Waals surface area contributed by atoms with Gasteiger partial charge >= 0.3 is 0 Å². The van der Waals surface area contributed by atoms with Gasteiger partial charge in [-0.25, -0.2) is 9.97 Å². The van der Waals surface area contributed by atoms with Crippen molar-refractivity contribution in [3.05, 3.63) is 156 Å². The van der Waals surface area contributed by atoms with Crippen molar-refractivity contribution in [2.24, 2.45) is 0 Å². The molecule has 7 heterocycles. The van der Waals surface area contributed by atoms with Crippen molar-refractivity contribution in [3.8, 4) is 22.3 Å². The molecule has 0 saturated carbocycles. The van der Waals surface area contributed by atoms with Crippen LogP contribution in [-0.2, 0) is 0 Å². The molecule has 250 valence electrons. The van der Waals surface area contributed by atoms with Crippen LogP contribution in [0, 0.1) is 0 Å². The number of aromatic nitrogens is 4. The zero-order valence-corrected chi connectivity index (χ0v) is 29.3. The maximum absolute atomic E-state index is 5.39. The van der Waals surface area contributed by atoms with E-state index in [-0.39, 0.29) is 12.4 Å². The first kappa shape index (κ1) is 32.1. The second-order valence-electron chi connectivity index (χ2n) is 13.1. The van der Waals surface area contributed by atoms with Crippen molar-refractivity contribution >= 4 is 69.9 Å². The minimum Gasteiger partial charge on any atom is -0.377 e. The number of benzene rings is 2. The van der Waals surface area contributed by atoms with E-state index >= 15 is 0 Å². The zero-order chi connectivity index (χ0) is 33.6. The van der Waals surface area contributed by atoms with Gasteiger partial charge in [-0.1, -0.05) is 72.8 Å². The summed E-state index contributed by atoms with van der Waals surface area (Å²) in [6, 6.07) is 29.8. The molecule has 0 radical (unpaired) electrons. The first-order valence-corrected chi connectivity index (χ1v) is 17.0. The maximum Gasteiger partial charge on any atom is 0.0737 e. The van der Waals surface area contributed by atoms with E-state index in [2.05, 4.69) is 180 Å².